The Labute approximate surface area is 98.1 Å². The van der Waals surface area contributed by atoms with Crippen LogP contribution in [0.15, 0.2) is 24.5 Å². The van der Waals surface area contributed by atoms with Crippen LogP contribution in [0.1, 0.15) is 17.0 Å². The van der Waals surface area contributed by atoms with Gasteiger partial charge in [-0.3, -0.25) is 0 Å². The molecule has 2 rings (SSSR count). The van der Waals surface area contributed by atoms with Crippen molar-refractivity contribution < 1.29 is 4.39 Å². The molecule has 0 saturated carbocycles. The molecule has 5 heteroatoms. The first-order valence-corrected chi connectivity index (χ1v) is 5.13. The minimum Gasteiger partial charge on any atom is -0.377 e. The monoisotopic (exact) mass is 230 g/mol. The third-order valence-corrected chi connectivity index (χ3v) is 2.48. The standard InChI is InChI=1S/C12H11FN4/c1-8-12(17-7-16-8)6-15-11-3-2-9(5-14)4-10(11)13/h2-4,7,15H,6H2,1H3,(H,16,17). The van der Waals surface area contributed by atoms with Gasteiger partial charge in [-0.2, -0.15) is 5.26 Å². The summed E-state index contributed by atoms with van der Waals surface area (Å²) in [5, 5.41) is 11.6. The van der Waals surface area contributed by atoms with Gasteiger partial charge in [-0.15, -0.1) is 0 Å². The number of benzene rings is 1. The molecule has 0 amide bonds. The van der Waals surface area contributed by atoms with Gasteiger partial charge >= 0.3 is 0 Å². The zero-order chi connectivity index (χ0) is 12.3. The number of rotatable bonds is 3. The lowest BCUT2D eigenvalue weighted by atomic mass is 10.2. The van der Waals surface area contributed by atoms with Crippen molar-refractivity contribution >= 4 is 5.69 Å². The molecule has 0 radical (unpaired) electrons. The predicted molar refractivity (Wildman–Crippen MR) is 61.8 cm³/mol. The number of nitrogens with zero attached hydrogens (tertiary/aromatic N) is 2. The highest BCUT2D eigenvalue weighted by atomic mass is 19.1. The molecule has 2 aromatic rings. The normalized spacial score (nSPS) is 9.94. The van der Waals surface area contributed by atoms with Crippen molar-refractivity contribution in [2.45, 2.75) is 13.5 Å². The average Bonchev–Trinajstić information content (AvgIpc) is 2.73. The van der Waals surface area contributed by atoms with E-state index in [4.69, 9.17) is 5.26 Å². The Balaban J connectivity index is 2.10. The molecule has 1 heterocycles. The number of H-pyrrole nitrogens is 1. The van der Waals surface area contributed by atoms with Crippen LogP contribution in [0.25, 0.3) is 0 Å². The molecule has 0 aliphatic rings. The number of aromatic amines is 1. The van der Waals surface area contributed by atoms with E-state index in [0.717, 1.165) is 11.4 Å². The van der Waals surface area contributed by atoms with E-state index < -0.39 is 5.82 Å². The summed E-state index contributed by atoms with van der Waals surface area (Å²) in [4.78, 5) is 7.05. The minimum absolute atomic E-state index is 0.309. The van der Waals surface area contributed by atoms with E-state index in [2.05, 4.69) is 15.3 Å². The van der Waals surface area contributed by atoms with Crippen LogP contribution in [0.3, 0.4) is 0 Å². The van der Waals surface area contributed by atoms with Crippen LogP contribution < -0.4 is 5.32 Å². The highest BCUT2D eigenvalue weighted by Crippen LogP contribution is 2.16. The van der Waals surface area contributed by atoms with Crippen molar-refractivity contribution in [1.29, 1.82) is 5.26 Å². The molecule has 0 unspecified atom stereocenters. The van der Waals surface area contributed by atoms with Crippen molar-refractivity contribution in [1.82, 2.24) is 9.97 Å². The van der Waals surface area contributed by atoms with Crippen LogP contribution in [0.5, 0.6) is 0 Å². The molecular formula is C12H11FN4. The number of anilines is 1. The molecule has 2 N–H and O–H groups in total. The Morgan fingerprint density at radius 2 is 2.35 bits per heavy atom. The highest BCUT2D eigenvalue weighted by molar-refractivity contribution is 5.49. The molecule has 4 nitrogen and oxygen atoms in total. The molecular weight excluding hydrogens is 219 g/mol. The zero-order valence-electron chi connectivity index (χ0n) is 9.29. The van der Waals surface area contributed by atoms with Gasteiger partial charge in [0.2, 0.25) is 0 Å². The van der Waals surface area contributed by atoms with Crippen LogP contribution >= 0.6 is 0 Å². The minimum atomic E-state index is -0.433. The van der Waals surface area contributed by atoms with Gasteiger partial charge in [0, 0.05) is 5.69 Å². The molecule has 1 aromatic carbocycles. The summed E-state index contributed by atoms with van der Waals surface area (Å²) in [5.74, 6) is -0.433. The van der Waals surface area contributed by atoms with E-state index in [1.54, 1.807) is 18.5 Å². The maximum atomic E-state index is 13.5. The Morgan fingerprint density at radius 1 is 1.53 bits per heavy atom. The Kier molecular flexibility index (Phi) is 3.06. The maximum Gasteiger partial charge on any atom is 0.147 e. The van der Waals surface area contributed by atoms with Crippen LogP contribution in [0, 0.1) is 24.1 Å². The third-order valence-electron chi connectivity index (χ3n) is 2.48. The SMILES string of the molecule is Cc1[nH]cnc1CNc1ccc(C#N)cc1F. The second-order valence-corrected chi connectivity index (χ2v) is 3.63. The first-order chi connectivity index (χ1) is 8.20. The highest BCUT2D eigenvalue weighted by Gasteiger charge is 2.05. The molecule has 0 spiro atoms. The Hall–Kier alpha value is -2.35. The fraction of sp³-hybridized carbons (Fsp3) is 0.167. The van der Waals surface area contributed by atoms with Gasteiger partial charge in [-0.1, -0.05) is 0 Å². The number of aryl methyl sites for hydroxylation is 1. The summed E-state index contributed by atoms with van der Waals surface area (Å²) < 4.78 is 13.5. The smallest absolute Gasteiger partial charge is 0.147 e. The van der Waals surface area contributed by atoms with Crippen LogP contribution in [0.4, 0.5) is 10.1 Å². The van der Waals surface area contributed by atoms with Gasteiger partial charge in [-0.05, 0) is 25.1 Å². The number of hydrogen-bond acceptors (Lipinski definition) is 3. The van der Waals surface area contributed by atoms with E-state index in [1.165, 1.54) is 6.07 Å². The molecule has 0 aliphatic carbocycles. The number of nitrogens with one attached hydrogen (secondary N) is 2. The molecule has 0 saturated heterocycles. The number of halogens is 1. The topological polar surface area (TPSA) is 64.5 Å². The lowest BCUT2D eigenvalue weighted by Crippen LogP contribution is -2.03. The van der Waals surface area contributed by atoms with E-state index in [0.29, 0.717) is 17.8 Å². The first-order valence-electron chi connectivity index (χ1n) is 5.13. The Bertz CT molecular complexity index is 568. The van der Waals surface area contributed by atoms with Crippen LogP contribution in [-0.2, 0) is 6.54 Å². The third kappa shape index (κ3) is 2.42. The molecule has 17 heavy (non-hydrogen) atoms. The van der Waals surface area contributed by atoms with Gasteiger partial charge in [0.25, 0.3) is 0 Å². The van der Waals surface area contributed by atoms with Gasteiger partial charge in [0.1, 0.15) is 5.82 Å². The van der Waals surface area contributed by atoms with E-state index in [-0.39, 0.29) is 0 Å². The average molecular weight is 230 g/mol. The van der Waals surface area contributed by atoms with Crippen molar-refractivity contribution in [2.24, 2.45) is 0 Å². The lowest BCUT2D eigenvalue weighted by Gasteiger charge is -2.06. The van der Waals surface area contributed by atoms with E-state index >= 15 is 0 Å². The quantitative estimate of drug-likeness (QED) is 0.850. The first kappa shape index (κ1) is 11.1. The summed E-state index contributed by atoms with van der Waals surface area (Å²) in [5.41, 5.74) is 2.47. The molecule has 0 atom stereocenters. The van der Waals surface area contributed by atoms with Gasteiger partial charge in [0.15, 0.2) is 0 Å². The summed E-state index contributed by atoms with van der Waals surface area (Å²) >= 11 is 0. The summed E-state index contributed by atoms with van der Waals surface area (Å²) in [7, 11) is 0. The van der Waals surface area contributed by atoms with Crippen molar-refractivity contribution in [3.8, 4) is 6.07 Å². The fourth-order valence-electron chi connectivity index (χ4n) is 1.47. The summed E-state index contributed by atoms with van der Waals surface area (Å²) in [6.45, 7) is 2.34. The molecule has 0 fully saturated rings. The van der Waals surface area contributed by atoms with Crippen molar-refractivity contribution in [2.75, 3.05) is 5.32 Å². The largest absolute Gasteiger partial charge is 0.377 e. The lowest BCUT2D eigenvalue weighted by molar-refractivity contribution is 0.629. The predicted octanol–water partition coefficient (Wildman–Crippen LogP) is 2.34. The van der Waals surface area contributed by atoms with Crippen molar-refractivity contribution in [3.05, 3.63) is 47.3 Å². The second-order valence-electron chi connectivity index (χ2n) is 3.63. The van der Waals surface area contributed by atoms with Gasteiger partial charge in [-0.25, -0.2) is 9.37 Å². The zero-order valence-corrected chi connectivity index (χ0v) is 9.29. The number of hydrogen-bond donors (Lipinski definition) is 2. The molecule has 0 aliphatic heterocycles. The van der Waals surface area contributed by atoms with Crippen LogP contribution in [-0.4, -0.2) is 9.97 Å². The van der Waals surface area contributed by atoms with Gasteiger partial charge < -0.3 is 10.3 Å². The maximum absolute atomic E-state index is 13.5. The number of aromatic nitrogens is 2. The van der Waals surface area contributed by atoms with Gasteiger partial charge in [0.05, 0.1) is 35.9 Å². The van der Waals surface area contributed by atoms with Crippen molar-refractivity contribution in [3.63, 3.8) is 0 Å². The Morgan fingerprint density at radius 3 is 2.94 bits per heavy atom. The molecule has 86 valence electrons. The summed E-state index contributed by atoms with van der Waals surface area (Å²) in [6.07, 6.45) is 1.60. The molecule has 1 aromatic heterocycles. The van der Waals surface area contributed by atoms with E-state index in [9.17, 15) is 4.39 Å². The second kappa shape index (κ2) is 4.66. The molecule has 0 bridgehead atoms. The summed E-state index contributed by atoms with van der Waals surface area (Å²) in [6, 6.07) is 6.22. The van der Waals surface area contributed by atoms with E-state index in [1.807, 2.05) is 13.0 Å². The number of nitriles is 1. The fourth-order valence-corrected chi connectivity index (χ4v) is 1.47. The van der Waals surface area contributed by atoms with Crippen LogP contribution in [0.2, 0.25) is 0 Å². The number of imidazole rings is 1.